The van der Waals surface area contributed by atoms with E-state index in [-0.39, 0.29) is 0 Å². The van der Waals surface area contributed by atoms with Crippen LogP contribution in [-0.4, -0.2) is 40.8 Å². The summed E-state index contributed by atoms with van der Waals surface area (Å²) in [6, 6.07) is 2.12. The van der Waals surface area contributed by atoms with E-state index in [1.165, 1.54) is 12.8 Å². The lowest BCUT2D eigenvalue weighted by Gasteiger charge is -2.33. The van der Waals surface area contributed by atoms with Gasteiger partial charge in [0.25, 0.3) is 0 Å². The van der Waals surface area contributed by atoms with Crippen molar-refractivity contribution in [2.24, 2.45) is 5.92 Å². The van der Waals surface area contributed by atoms with Gasteiger partial charge in [-0.05, 0) is 44.8 Å². The predicted molar refractivity (Wildman–Crippen MR) is 81.2 cm³/mol. The Morgan fingerprint density at radius 1 is 1.45 bits per heavy atom. The van der Waals surface area contributed by atoms with Crippen LogP contribution in [0.4, 0.5) is 5.82 Å². The fourth-order valence-electron chi connectivity index (χ4n) is 3.05. The predicted octanol–water partition coefficient (Wildman–Crippen LogP) is 1.86. The Bertz CT molecular complexity index is 577. The van der Waals surface area contributed by atoms with Crippen LogP contribution in [0.25, 0.3) is 5.52 Å². The molecule has 2 aromatic heterocycles. The highest BCUT2D eigenvalue weighted by Gasteiger charge is 2.22. The van der Waals surface area contributed by atoms with E-state index in [9.17, 15) is 0 Å². The summed E-state index contributed by atoms with van der Waals surface area (Å²) in [4.78, 5) is 7.02. The highest BCUT2D eigenvalue weighted by molar-refractivity contribution is 5.69. The van der Waals surface area contributed by atoms with Crippen molar-refractivity contribution in [3.05, 3.63) is 24.2 Å². The molecule has 3 heterocycles. The molecule has 20 heavy (non-hydrogen) atoms. The monoisotopic (exact) mass is 273 g/mol. The van der Waals surface area contributed by atoms with Gasteiger partial charge in [0.15, 0.2) is 5.82 Å². The number of hydrogen-bond acceptors (Lipinski definition) is 4. The Balaban J connectivity index is 1.83. The van der Waals surface area contributed by atoms with Gasteiger partial charge in [-0.25, -0.2) is 9.50 Å². The van der Waals surface area contributed by atoms with Crippen molar-refractivity contribution in [1.29, 1.82) is 0 Å². The van der Waals surface area contributed by atoms with Crippen molar-refractivity contribution >= 4 is 11.3 Å². The van der Waals surface area contributed by atoms with Crippen LogP contribution in [0.3, 0.4) is 0 Å². The molecule has 1 unspecified atom stereocenters. The summed E-state index contributed by atoms with van der Waals surface area (Å²) in [6.45, 7) is 8.53. The van der Waals surface area contributed by atoms with Crippen molar-refractivity contribution in [3.8, 4) is 0 Å². The van der Waals surface area contributed by atoms with E-state index in [2.05, 4.69) is 33.3 Å². The van der Waals surface area contributed by atoms with Crippen molar-refractivity contribution in [3.63, 3.8) is 0 Å². The van der Waals surface area contributed by atoms with Gasteiger partial charge in [0.2, 0.25) is 0 Å². The third-order valence-electron chi connectivity index (χ3n) is 3.99. The number of nitrogens with zero attached hydrogens (tertiary/aromatic N) is 4. The SMILES string of the molecule is CCNCC1CCCN(c2nccn3nc(C)cc23)C1. The average Bonchev–Trinajstić information content (AvgIpc) is 2.85. The maximum Gasteiger partial charge on any atom is 0.154 e. The minimum atomic E-state index is 0.717. The molecule has 1 aliphatic rings. The maximum atomic E-state index is 4.60. The Morgan fingerprint density at radius 2 is 2.35 bits per heavy atom. The molecule has 5 heteroatoms. The first-order valence-electron chi connectivity index (χ1n) is 7.54. The van der Waals surface area contributed by atoms with E-state index >= 15 is 0 Å². The number of aryl methyl sites for hydroxylation is 1. The molecule has 0 aliphatic carbocycles. The van der Waals surface area contributed by atoms with Gasteiger partial charge in [0.1, 0.15) is 5.52 Å². The molecule has 108 valence electrons. The maximum absolute atomic E-state index is 4.60. The van der Waals surface area contributed by atoms with Gasteiger partial charge in [0.05, 0.1) is 5.69 Å². The molecule has 0 aromatic carbocycles. The molecule has 0 saturated carbocycles. The first-order valence-corrected chi connectivity index (χ1v) is 7.54. The standard InChI is InChI=1S/C15H23N5/c1-3-16-10-13-5-4-7-19(11-13)15-14-9-12(2)18-20(14)8-6-17-15/h6,8-9,13,16H,3-5,7,10-11H2,1-2H3. The Labute approximate surface area is 120 Å². The summed E-state index contributed by atoms with van der Waals surface area (Å²) in [7, 11) is 0. The van der Waals surface area contributed by atoms with Gasteiger partial charge in [0, 0.05) is 25.5 Å². The molecule has 0 amide bonds. The summed E-state index contributed by atoms with van der Waals surface area (Å²) in [5.41, 5.74) is 2.16. The van der Waals surface area contributed by atoms with Crippen LogP contribution >= 0.6 is 0 Å². The van der Waals surface area contributed by atoms with Crippen LogP contribution in [0.2, 0.25) is 0 Å². The summed E-state index contributed by atoms with van der Waals surface area (Å²) >= 11 is 0. The van der Waals surface area contributed by atoms with Gasteiger partial charge in [-0.1, -0.05) is 6.92 Å². The van der Waals surface area contributed by atoms with Gasteiger partial charge in [-0.2, -0.15) is 5.10 Å². The van der Waals surface area contributed by atoms with Crippen LogP contribution in [-0.2, 0) is 0 Å². The number of hydrogen-bond donors (Lipinski definition) is 1. The van der Waals surface area contributed by atoms with E-state index in [4.69, 9.17) is 0 Å². The van der Waals surface area contributed by atoms with Crippen LogP contribution in [0, 0.1) is 12.8 Å². The second-order valence-electron chi connectivity index (χ2n) is 5.63. The number of nitrogens with one attached hydrogen (secondary N) is 1. The second-order valence-corrected chi connectivity index (χ2v) is 5.63. The summed E-state index contributed by atoms with van der Waals surface area (Å²) in [6.07, 6.45) is 6.32. The minimum absolute atomic E-state index is 0.717. The summed E-state index contributed by atoms with van der Waals surface area (Å²) in [5.74, 6) is 1.80. The molecule has 1 aliphatic heterocycles. The van der Waals surface area contributed by atoms with Crippen LogP contribution < -0.4 is 10.2 Å². The third kappa shape index (κ3) is 2.63. The number of piperidine rings is 1. The molecule has 1 saturated heterocycles. The van der Waals surface area contributed by atoms with Gasteiger partial charge >= 0.3 is 0 Å². The zero-order valence-corrected chi connectivity index (χ0v) is 12.3. The Hall–Kier alpha value is -1.62. The second kappa shape index (κ2) is 5.79. The quantitative estimate of drug-likeness (QED) is 0.923. The number of anilines is 1. The fourth-order valence-corrected chi connectivity index (χ4v) is 3.05. The number of aromatic nitrogens is 3. The topological polar surface area (TPSA) is 45.5 Å². The molecule has 0 bridgehead atoms. The van der Waals surface area contributed by atoms with Crippen molar-refractivity contribution < 1.29 is 0 Å². The molecular formula is C15H23N5. The van der Waals surface area contributed by atoms with Gasteiger partial charge in [-0.3, -0.25) is 0 Å². The average molecular weight is 273 g/mol. The number of fused-ring (bicyclic) bond motifs is 1. The molecule has 0 spiro atoms. The molecule has 3 rings (SSSR count). The summed E-state index contributed by atoms with van der Waals surface area (Å²) < 4.78 is 1.94. The third-order valence-corrected chi connectivity index (χ3v) is 3.99. The largest absolute Gasteiger partial charge is 0.355 e. The van der Waals surface area contributed by atoms with Crippen LogP contribution in [0.5, 0.6) is 0 Å². The molecule has 2 aromatic rings. The molecule has 0 radical (unpaired) electrons. The van der Waals surface area contributed by atoms with E-state index in [0.717, 1.165) is 49.1 Å². The van der Waals surface area contributed by atoms with Crippen molar-refractivity contribution in [1.82, 2.24) is 19.9 Å². The normalized spacial score (nSPS) is 19.7. The molecular weight excluding hydrogens is 250 g/mol. The van der Waals surface area contributed by atoms with Crippen LogP contribution in [0.1, 0.15) is 25.5 Å². The minimum Gasteiger partial charge on any atom is -0.355 e. The molecule has 1 fully saturated rings. The van der Waals surface area contributed by atoms with E-state index < -0.39 is 0 Å². The van der Waals surface area contributed by atoms with Crippen molar-refractivity contribution in [2.45, 2.75) is 26.7 Å². The molecule has 5 nitrogen and oxygen atoms in total. The highest BCUT2D eigenvalue weighted by atomic mass is 15.3. The van der Waals surface area contributed by atoms with E-state index in [1.807, 2.05) is 23.8 Å². The lowest BCUT2D eigenvalue weighted by atomic mass is 9.98. The summed E-state index contributed by atoms with van der Waals surface area (Å²) in [5, 5.41) is 7.94. The zero-order chi connectivity index (χ0) is 13.9. The fraction of sp³-hybridized carbons (Fsp3) is 0.600. The van der Waals surface area contributed by atoms with Crippen LogP contribution in [0.15, 0.2) is 18.5 Å². The first-order chi connectivity index (χ1) is 9.78. The Morgan fingerprint density at radius 3 is 3.20 bits per heavy atom. The lowest BCUT2D eigenvalue weighted by molar-refractivity contribution is 0.394. The first kappa shape index (κ1) is 13.4. The molecule has 1 atom stereocenters. The van der Waals surface area contributed by atoms with E-state index in [1.54, 1.807) is 0 Å². The van der Waals surface area contributed by atoms with Crippen molar-refractivity contribution in [2.75, 3.05) is 31.1 Å². The highest BCUT2D eigenvalue weighted by Crippen LogP contribution is 2.25. The van der Waals surface area contributed by atoms with Gasteiger partial charge < -0.3 is 10.2 Å². The smallest absolute Gasteiger partial charge is 0.154 e. The molecule has 1 N–H and O–H groups in total. The Kier molecular flexibility index (Phi) is 3.87. The van der Waals surface area contributed by atoms with E-state index in [0.29, 0.717) is 0 Å². The lowest BCUT2D eigenvalue weighted by Crippen LogP contribution is -2.40. The van der Waals surface area contributed by atoms with Gasteiger partial charge in [-0.15, -0.1) is 0 Å². The number of rotatable bonds is 4. The zero-order valence-electron chi connectivity index (χ0n) is 12.3.